The van der Waals surface area contributed by atoms with Gasteiger partial charge < -0.3 is 10.6 Å². The summed E-state index contributed by atoms with van der Waals surface area (Å²) in [5.41, 5.74) is 0.0459. The van der Waals surface area contributed by atoms with E-state index in [4.69, 9.17) is 0 Å². The average molecular weight is 278 g/mol. The van der Waals surface area contributed by atoms with Crippen molar-refractivity contribution in [1.29, 1.82) is 0 Å². The van der Waals surface area contributed by atoms with Gasteiger partial charge in [0.1, 0.15) is 29.1 Å². The van der Waals surface area contributed by atoms with Crippen molar-refractivity contribution < 1.29 is 8.78 Å². The highest BCUT2D eigenvalue weighted by atomic mass is 19.1. The number of aromatic nitrogens is 2. The average Bonchev–Trinajstić information content (AvgIpc) is 2.40. The molecule has 1 aromatic carbocycles. The summed E-state index contributed by atoms with van der Waals surface area (Å²) in [4.78, 5) is 8.38. The van der Waals surface area contributed by atoms with Crippen LogP contribution in [0.5, 0.6) is 0 Å². The molecule has 2 N–H and O–H groups in total. The van der Waals surface area contributed by atoms with Crippen LogP contribution in [0, 0.1) is 18.6 Å². The number of rotatable bonds is 5. The number of aryl methyl sites for hydroxylation is 1. The fraction of sp³-hybridized carbons (Fsp3) is 0.286. The predicted octanol–water partition coefficient (Wildman–Crippen LogP) is 3.63. The van der Waals surface area contributed by atoms with Crippen LogP contribution < -0.4 is 10.6 Å². The van der Waals surface area contributed by atoms with Crippen molar-refractivity contribution in [2.45, 2.75) is 20.3 Å². The zero-order valence-electron chi connectivity index (χ0n) is 11.4. The van der Waals surface area contributed by atoms with Crippen molar-refractivity contribution >= 4 is 17.3 Å². The van der Waals surface area contributed by atoms with E-state index in [9.17, 15) is 8.78 Å². The van der Waals surface area contributed by atoms with Gasteiger partial charge in [0.15, 0.2) is 0 Å². The lowest BCUT2D eigenvalue weighted by molar-refractivity contribution is 0.603. The topological polar surface area (TPSA) is 49.8 Å². The summed E-state index contributed by atoms with van der Waals surface area (Å²) >= 11 is 0. The summed E-state index contributed by atoms with van der Waals surface area (Å²) in [6.07, 6.45) is 0.963. The molecule has 2 rings (SSSR count). The number of benzene rings is 1. The van der Waals surface area contributed by atoms with Crippen LogP contribution in [-0.2, 0) is 0 Å². The second-order valence-electron chi connectivity index (χ2n) is 4.36. The Balaban J connectivity index is 2.24. The van der Waals surface area contributed by atoms with Crippen molar-refractivity contribution in [3.63, 3.8) is 0 Å². The Morgan fingerprint density at radius 2 is 1.85 bits per heavy atom. The molecule has 0 saturated carbocycles. The molecular formula is C14H16F2N4. The van der Waals surface area contributed by atoms with Crippen molar-refractivity contribution in [1.82, 2.24) is 9.97 Å². The first-order chi connectivity index (χ1) is 9.58. The highest BCUT2D eigenvalue weighted by Gasteiger charge is 2.07. The fourth-order valence-electron chi connectivity index (χ4n) is 1.71. The molecule has 20 heavy (non-hydrogen) atoms. The predicted molar refractivity (Wildman–Crippen MR) is 75.2 cm³/mol. The van der Waals surface area contributed by atoms with Gasteiger partial charge in [-0.25, -0.2) is 18.7 Å². The maximum atomic E-state index is 13.6. The quantitative estimate of drug-likeness (QED) is 0.877. The first-order valence-corrected chi connectivity index (χ1v) is 6.40. The van der Waals surface area contributed by atoms with Gasteiger partial charge in [0.05, 0.1) is 5.69 Å². The number of anilines is 3. The molecule has 4 nitrogen and oxygen atoms in total. The molecule has 0 aliphatic carbocycles. The number of nitrogens with zero attached hydrogens (tertiary/aromatic N) is 2. The zero-order chi connectivity index (χ0) is 14.5. The van der Waals surface area contributed by atoms with Gasteiger partial charge in [0, 0.05) is 18.7 Å². The summed E-state index contributed by atoms with van der Waals surface area (Å²) in [6, 6.07) is 4.89. The van der Waals surface area contributed by atoms with Crippen LogP contribution in [0.1, 0.15) is 19.2 Å². The van der Waals surface area contributed by atoms with E-state index in [0.29, 0.717) is 17.5 Å². The summed E-state index contributed by atoms with van der Waals surface area (Å²) in [5, 5.41) is 5.89. The van der Waals surface area contributed by atoms with E-state index in [1.807, 2.05) is 6.92 Å². The van der Waals surface area contributed by atoms with Gasteiger partial charge in [0.25, 0.3) is 0 Å². The Morgan fingerprint density at radius 3 is 2.60 bits per heavy atom. The highest BCUT2D eigenvalue weighted by molar-refractivity contribution is 5.59. The molecule has 106 valence electrons. The lowest BCUT2D eigenvalue weighted by atomic mass is 10.3. The van der Waals surface area contributed by atoms with Crippen molar-refractivity contribution in [3.05, 3.63) is 41.7 Å². The molecule has 0 saturated heterocycles. The van der Waals surface area contributed by atoms with E-state index in [1.165, 1.54) is 0 Å². The summed E-state index contributed by atoms with van der Waals surface area (Å²) in [6.45, 7) is 4.57. The third-order valence-electron chi connectivity index (χ3n) is 2.59. The van der Waals surface area contributed by atoms with Crippen LogP contribution in [0.2, 0.25) is 0 Å². The molecule has 0 bridgehead atoms. The number of halogens is 2. The molecule has 0 radical (unpaired) electrons. The molecule has 0 amide bonds. The lowest BCUT2D eigenvalue weighted by Gasteiger charge is -2.10. The minimum Gasteiger partial charge on any atom is -0.370 e. The fourth-order valence-corrected chi connectivity index (χ4v) is 1.71. The molecule has 0 atom stereocenters. The summed E-state index contributed by atoms with van der Waals surface area (Å²) in [5.74, 6) is 0.569. The van der Waals surface area contributed by atoms with Gasteiger partial charge in [-0.15, -0.1) is 0 Å². The minimum atomic E-state index is -0.536. The normalized spacial score (nSPS) is 10.4. The Labute approximate surface area is 116 Å². The van der Waals surface area contributed by atoms with Gasteiger partial charge in [0.2, 0.25) is 0 Å². The molecule has 0 aliphatic rings. The SMILES string of the molecule is CCCNc1cc(Nc2cc(F)ccc2F)nc(C)n1. The van der Waals surface area contributed by atoms with Crippen LogP contribution in [0.3, 0.4) is 0 Å². The van der Waals surface area contributed by atoms with E-state index in [-0.39, 0.29) is 5.69 Å². The number of hydrogen-bond donors (Lipinski definition) is 2. The number of nitrogens with one attached hydrogen (secondary N) is 2. The van der Waals surface area contributed by atoms with E-state index in [2.05, 4.69) is 20.6 Å². The van der Waals surface area contributed by atoms with Gasteiger partial charge in [-0.3, -0.25) is 0 Å². The zero-order valence-corrected chi connectivity index (χ0v) is 11.4. The van der Waals surface area contributed by atoms with Gasteiger partial charge in [-0.05, 0) is 25.5 Å². The van der Waals surface area contributed by atoms with Crippen molar-refractivity contribution in [3.8, 4) is 0 Å². The maximum absolute atomic E-state index is 13.6. The van der Waals surface area contributed by atoms with E-state index in [1.54, 1.807) is 13.0 Å². The van der Waals surface area contributed by atoms with Gasteiger partial charge in [-0.2, -0.15) is 0 Å². The number of hydrogen-bond acceptors (Lipinski definition) is 4. The van der Waals surface area contributed by atoms with Crippen LogP contribution >= 0.6 is 0 Å². The maximum Gasteiger partial charge on any atom is 0.146 e. The monoisotopic (exact) mass is 278 g/mol. The lowest BCUT2D eigenvalue weighted by Crippen LogP contribution is -2.06. The molecule has 0 fully saturated rings. The first kappa shape index (κ1) is 14.2. The molecule has 1 heterocycles. The van der Waals surface area contributed by atoms with E-state index >= 15 is 0 Å². The minimum absolute atomic E-state index is 0.0459. The summed E-state index contributed by atoms with van der Waals surface area (Å²) < 4.78 is 26.7. The highest BCUT2D eigenvalue weighted by Crippen LogP contribution is 2.21. The largest absolute Gasteiger partial charge is 0.370 e. The first-order valence-electron chi connectivity index (χ1n) is 6.40. The second kappa shape index (κ2) is 6.27. The van der Waals surface area contributed by atoms with Crippen LogP contribution in [-0.4, -0.2) is 16.5 Å². The van der Waals surface area contributed by atoms with Crippen molar-refractivity contribution in [2.24, 2.45) is 0 Å². The van der Waals surface area contributed by atoms with Crippen molar-refractivity contribution in [2.75, 3.05) is 17.2 Å². The third kappa shape index (κ3) is 3.63. The smallest absolute Gasteiger partial charge is 0.146 e. The second-order valence-corrected chi connectivity index (χ2v) is 4.36. The standard InChI is InChI=1S/C14H16F2N4/c1-3-6-17-13-8-14(19-9(2)18-13)20-12-7-10(15)4-5-11(12)16/h4-5,7-8H,3,6H2,1-2H3,(H2,17,18,19,20). The molecule has 0 spiro atoms. The molecular weight excluding hydrogens is 262 g/mol. The Morgan fingerprint density at radius 1 is 1.10 bits per heavy atom. The van der Waals surface area contributed by atoms with E-state index < -0.39 is 11.6 Å². The Hall–Kier alpha value is -2.24. The third-order valence-corrected chi connectivity index (χ3v) is 2.59. The van der Waals surface area contributed by atoms with Gasteiger partial charge in [-0.1, -0.05) is 6.92 Å². The van der Waals surface area contributed by atoms with E-state index in [0.717, 1.165) is 31.2 Å². The molecule has 0 aliphatic heterocycles. The van der Waals surface area contributed by atoms with Crippen LogP contribution in [0.4, 0.5) is 26.1 Å². The van der Waals surface area contributed by atoms with Crippen LogP contribution in [0.25, 0.3) is 0 Å². The Bertz CT molecular complexity index is 602. The van der Waals surface area contributed by atoms with Crippen LogP contribution in [0.15, 0.2) is 24.3 Å². The van der Waals surface area contributed by atoms with Gasteiger partial charge >= 0.3 is 0 Å². The molecule has 0 unspecified atom stereocenters. The molecule has 2 aromatic rings. The molecule has 6 heteroatoms. The Kier molecular flexibility index (Phi) is 4.45. The molecule has 1 aromatic heterocycles. The summed E-state index contributed by atoms with van der Waals surface area (Å²) in [7, 11) is 0.